The molecule has 0 heterocycles. The van der Waals surface area contributed by atoms with Crippen LogP contribution in [0.2, 0.25) is 0 Å². The fourth-order valence-corrected chi connectivity index (χ4v) is 1.86. The zero-order valence-corrected chi connectivity index (χ0v) is 15.5. The molecule has 0 bridgehead atoms. The Hall–Kier alpha value is -2.32. The van der Waals surface area contributed by atoms with E-state index in [1.165, 1.54) is 20.2 Å². The van der Waals surface area contributed by atoms with E-state index in [1.807, 2.05) is 13.8 Å². The highest BCUT2D eigenvalue weighted by Crippen LogP contribution is 2.22. The minimum atomic E-state index is -0.680. The Morgan fingerprint density at radius 3 is 2.40 bits per heavy atom. The smallest absolute Gasteiger partial charge is 0.253 e. The lowest BCUT2D eigenvalue weighted by atomic mass is 10.1. The molecule has 1 aromatic carbocycles. The van der Waals surface area contributed by atoms with E-state index in [2.05, 4.69) is 16.0 Å². The molecule has 0 spiro atoms. The summed E-state index contributed by atoms with van der Waals surface area (Å²) >= 11 is 0. The van der Waals surface area contributed by atoms with Crippen molar-refractivity contribution in [2.75, 3.05) is 26.0 Å². The second kappa shape index (κ2) is 10.5. The largest absolute Gasteiger partial charge is 0.497 e. The molecule has 9 heteroatoms. The van der Waals surface area contributed by atoms with Gasteiger partial charge in [0.15, 0.2) is 0 Å². The Balaban J connectivity index is 0.00000576. The summed E-state index contributed by atoms with van der Waals surface area (Å²) in [6, 6.07) is 4.01. The number of hydrogen-bond acceptors (Lipinski definition) is 5. The number of carbonyl (C=O) groups is 3. The van der Waals surface area contributed by atoms with E-state index in [0.717, 1.165) is 0 Å². The van der Waals surface area contributed by atoms with Gasteiger partial charge in [-0.2, -0.15) is 0 Å². The third kappa shape index (κ3) is 6.60. The van der Waals surface area contributed by atoms with Gasteiger partial charge in [-0.15, -0.1) is 12.4 Å². The lowest BCUT2D eigenvalue weighted by Crippen LogP contribution is -2.46. The molecule has 0 aliphatic rings. The van der Waals surface area contributed by atoms with E-state index in [1.54, 1.807) is 12.1 Å². The number of nitrogens with two attached hydrogens (primary N) is 1. The molecule has 25 heavy (non-hydrogen) atoms. The van der Waals surface area contributed by atoms with Crippen LogP contribution in [0, 0.1) is 5.92 Å². The molecule has 140 valence electrons. The maximum absolute atomic E-state index is 12.0. The van der Waals surface area contributed by atoms with Crippen LogP contribution in [0.5, 0.6) is 5.75 Å². The van der Waals surface area contributed by atoms with Gasteiger partial charge in [0.25, 0.3) is 5.91 Å². The maximum Gasteiger partial charge on any atom is 0.253 e. The van der Waals surface area contributed by atoms with Gasteiger partial charge in [-0.25, -0.2) is 0 Å². The highest BCUT2D eigenvalue weighted by atomic mass is 35.5. The number of amides is 3. The fourth-order valence-electron chi connectivity index (χ4n) is 1.86. The molecule has 0 saturated heterocycles. The van der Waals surface area contributed by atoms with Crippen molar-refractivity contribution in [2.45, 2.75) is 19.9 Å². The molecular weight excluding hydrogens is 348 g/mol. The van der Waals surface area contributed by atoms with E-state index in [4.69, 9.17) is 10.5 Å². The number of rotatable bonds is 7. The number of halogens is 1. The lowest BCUT2D eigenvalue weighted by molar-refractivity contribution is -0.125. The van der Waals surface area contributed by atoms with Crippen LogP contribution in [0.25, 0.3) is 0 Å². The molecule has 1 rings (SSSR count). The van der Waals surface area contributed by atoms with E-state index < -0.39 is 17.9 Å². The van der Waals surface area contributed by atoms with Crippen LogP contribution >= 0.6 is 12.4 Å². The van der Waals surface area contributed by atoms with Gasteiger partial charge in [-0.1, -0.05) is 13.8 Å². The molecule has 1 aromatic rings. The van der Waals surface area contributed by atoms with Crippen LogP contribution in [0.1, 0.15) is 24.2 Å². The fraction of sp³-hybridized carbons (Fsp3) is 0.438. The van der Waals surface area contributed by atoms with Gasteiger partial charge in [0, 0.05) is 7.05 Å². The minimum Gasteiger partial charge on any atom is -0.497 e. The molecule has 0 fully saturated rings. The van der Waals surface area contributed by atoms with E-state index in [9.17, 15) is 14.4 Å². The molecule has 0 unspecified atom stereocenters. The molecular formula is C16H25ClN4O4. The summed E-state index contributed by atoms with van der Waals surface area (Å²) in [5.41, 5.74) is 6.28. The van der Waals surface area contributed by atoms with Gasteiger partial charge in [0.2, 0.25) is 11.8 Å². The monoisotopic (exact) mass is 372 g/mol. The van der Waals surface area contributed by atoms with Gasteiger partial charge >= 0.3 is 0 Å². The van der Waals surface area contributed by atoms with Gasteiger partial charge in [-0.05, 0) is 24.1 Å². The van der Waals surface area contributed by atoms with Crippen molar-refractivity contribution in [1.82, 2.24) is 10.6 Å². The lowest BCUT2D eigenvalue weighted by Gasteiger charge is -2.16. The quantitative estimate of drug-likeness (QED) is 0.555. The van der Waals surface area contributed by atoms with E-state index in [0.29, 0.717) is 11.4 Å². The third-order valence-electron chi connectivity index (χ3n) is 3.42. The number of benzene rings is 1. The molecule has 0 aliphatic heterocycles. The third-order valence-corrected chi connectivity index (χ3v) is 3.42. The van der Waals surface area contributed by atoms with Crippen molar-refractivity contribution in [3.8, 4) is 5.75 Å². The maximum atomic E-state index is 12.0. The SMILES string of the molecule is CNC(=O)c1cc(OC)ccc1NC(=O)CNC(=O)[C@@H](N)C(C)C.Cl. The Labute approximate surface area is 153 Å². The first-order valence-corrected chi connectivity index (χ1v) is 7.53. The summed E-state index contributed by atoms with van der Waals surface area (Å²) in [5, 5.41) is 7.55. The molecule has 3 amide bonds. The zero-order valence-electron chi connectivity index (χ0n) is 14.7. The first-order valence-electron chi connectivity index (χ1n) is 7.53. The topological polar surface area (TPSA) is 123 Å². The number of carbonyl (C=O) groups excluding carboxylic acids is 3. The first-order chi connectivity index (χ1) is 11.3. The molecule has 1 atom stereocenters. The Bertz CT molecular complexity index is 622. The summed E-state index contributed by atoms with van der Waals surface area (Å²) in [6.45, 7) is 3.40. The summed E-state index contributed by atoms with van der Waals surface area (Å²) in [5.74, 6) is -0.775. The Morgan fingerprint density at radius 2 is 1.88 bits per heavy atom. The van der Waals surface area contributed by atoms with Crippen LogP contribution in [-0.4, -0.2) is 44.5 Å². The average Bonchev–Trinajstić information content (AvgIpc) is 2.58. The highest BCUT2D eigenvalue weighted by molar-refractivity contribution is 6.04. The van der Waals surface area contributed by atoms with Gasteiger partial charge in [-0.3, -0.25) is 14.4 Å². The van der Waals surface area contributed by atoms with Crippen LogP contribution in [-0.2, 0) is 9.59 Å². The van der Waals surface area contributed by atoms with Crippen molar-refractivity contribution in [2.24, 2.45) is 11.7 Å². The van der Waals surface area contributed by atoms with Crippen molar-refractivity contribution < 1.29 is 19.1 Å². The number of ether oxygens (including phenoxy) is 1. The molecule has 0 radical (unpaired) electrons. The first kappa shape index (κ1) is 22.7. The van der Waals surface area contributed by atoms with Crippen LogP contribution in [0.15, 0.2) is 18.2 Å². The molecule has 5 N–H and O–H groups in total. The number of nitrogens with one attached hydrogen (secondary N) is 3. The predicted molar refractivity (Wildman–Crippen MR) is 98.1 cm³/mol. The summed E-state index contributed by atoms with van der Waals surface area (Å²) in [7, 11) is 2.97. The second-order valence-corrected chi connectivity index (χ2v) is 5.53. The van der Waals surface area contributed by atoms with Crippen LogP contribution < -0.4 is 26.4 Å². The summed E-state index contributed by atoms with van der Waals surface area (Å²) in [4.78, 5) is 35.7. The minimum absolute atomic E-state index is 0. The Kier molecular flexibility index (Phi) is 9.55. The van der Waals surface area contributed by atoms with Crippen molar-refractivity contribution in [3.05, 3.63) is 23.8 Å². The highest BCUT2D eigenvalue weighted by Gasteiger charge is 2.18. The molecule has 8 nitrogen and oxygen atoms in total. The zero-order chi connectivity index (χ0) is 18.3. The van der Waals surface area contributed by atoms with Crippen LogP contribution in [0.4, 0.5) is 5.69 Å². The van der Waals surface area contributed by atoms with E-state index >= 15 is 0 Å². The van der Waals surface area contributed by atoms with Gasteiger partial charge < -0.3 is 26.4 Å². The number of anilines is 1. The van der Waals surface area contributed by atoms with Gasteiger partial charge in [0.1, 0.15) is 5.75 Å². The summed E-state index contributed by atoms with van der Waals surface area (Å²) in [6.07, 6.45) is 0. The average molecular weight is 373 g/mol. The van der Waals surface area contributed by atoms with Crippen molar-refractivity contribution in [3.63, 3.8) is 0 Å². The molecule has 0 saturated carbocycles. The molecule has 0 aromatic heterocycles. The number of hydrogen-bond donors (Lipinski definition) is 4. The Morgan fingerprint density at radius 1 is 1.24 bits per heavy atom. The number of methoxy groups -OCH3 is 1. The standard InChI is InChI=1S/C16H24N4O4.ClH/c1-9(2)14(17)16(23)19-8-13(21)20-12-6-5-10(24-4)7-11(12)15(22)18-3;/h5-7,9,14H,8,17H2,1-4H3,(H,18,22)(H,19,23)(H,20,21);1H/t14-;/m0./s1. The predicted octanol–water partition coefficient (Wildman–Crippen LogP) is 0.515. The van der Waals surface area contributed by atoms with Gasteiger partial charge in [0.05, 0.1) is 30.9 Å². The summed E-state index contributed by atoms with van der Waals surface area (Å²) < 4.78 is 5.07. The van der Waals surface area contributed by atoms with Crippen LogP contribution in [0.3, 0.4) is 0 Å². The van der Waals surface area contributed by atoms with Crippen molar-refractivity contribution >= 4 is 35.8 Å². The molecule has 0 aliphatic carbocycles. The van der Waals surface area contributed by atoms with E-state index in [-0.39, 0.29) is 36.3 Å². The second-order valence-electron chi connectivity index (χ2n) is 5.53. The normalized spacial score (nSPS) is 11.1. The van der Waals surface area contributed by atoms with Crippen molar-refractivity contribution in [1.29, 1.82) is 0 Å².